The molecule has 0 atom stereocenters. The van der Waals surface area contributed by atoms with Gasteiger partial charge in [0.05, 0.1) is 11.1 Å². The fourth-order valence-corrected chi connectivity index (χ4v) is 2.56. The van der Waals surface area contributed by atoms with Crippen molar-refractivity contribution < 1.29 is 9.59 Å². The van der Waals surface area contributed by atoms with Gasteiger partial charge in [-0.05, 0) is 35.4 Å². The van der Waals surface area contributed by atoms with Crippen molar-refractivity contribution in [2.45, 2.75) is 9.79 Å². The lowest BCUT2D eigenvalue weighted by Crippen LogP contribution is -2.22. The zero-order valence-corrected chi connectivity index (χ0v) is 12.6. The number of imide groups is 1. The van der Waals surface area contributed by atoms with Gasteiger partial charge in [0, 0.05) is 9.79 Å². The average molecular weight is 313 g/mol. The number of thiol groups is 2. The number of carbonyl (C=O) groups is 2. The van der Waals surface area contributed by atoms with Crippen LogP contribution in [0.1, 0.15) is 11.1 Å². The third-order valence-corrected chi connectivity index (χ3v) is 3.84. The van der Waals surface area contributed by atoms with Crippen molar-refractivity contribution in [1.82, 2.24) is 5.32 Å². The lowest BCUT2D eigenvalue weighted by Gasteiger charge is -2.05. The molecule has 0 bridgehead atoms. The van der Waals surface area contributed by atoms with E-state index in [-0.39, 0.29) is 11.8 Å². The van der Waals surface area contributed by atoms with E-state index < -0.39 is 0 Å². The molecular weight excluding hydrogens is 302 g/mol. The highest BCUT2D eigenvalue weighted by molar-refractivity contribution is 7.80. The van der Waals surface area contributed by atoms with Gasteiger partial charge in [0.1, 0.15) is 0 Å². The molecule has 0 aromatic heterocycles. The molecule has 0 saturated heterocycles. The first kappa shape index (κ1) is 14.0. The van der Waals surface area contributed by atoms with Crippen LogP contribution < -0.4 is 5.32 Å². The van der Waals surface area contributed by atoms with Crippen molar-refractivity contribution >= 4 is 48.2 Å². The highest BCUT2D eigenvalue weighted by atomic mass is 32.1. The van der Waals surface area contributed by atoms with Crippen molar-refractivity contribution in [3.63, 3.8) is 0 Å². The van der Waals surface area contributed by atoms with Gasteiger partial charge in [-0.3, -0.25) is 14.9 Å². The minimum Gasteiger partial charge on any atom is -0.288 e. The van der Waals surface area contributed by atoms with Crippen LogP contribution in [0.25, 0.3) is 11.1 Å². The van der Waals surface area contributed by atoms with Crippen LogP contribution in [0.3, 0.4) is 0 Å². The first-order valence-electron chi connectivity index (χ1n) is 6.25. The number of amides is 2. The number of benzene rings is 2. The molecular formula is C16H11NO2S2. The van der Waals surface area contributed by atoms with Crippen LogP contribution in [0.5, 0.6) is 0 Å². The first-order chi connectivity index (χ1) is 10.1. The van der Waals surface area contributed by atoms with Crippen LogP contribution in [-0.2, 0) is 9.59 Å². The lowest BCUT2D eigenvalue weighted by atomic mass is 9.96. The Morgan fingerprint density at radius 3 is 1.29 bits per heavy atom. The number of rotatable bonds is 2. The van der Waals surface area contributed by atoms with Gasteiger partial charge in [-0.25, -0.2) is 0 Å². The summed E-state index contributed by atoms with van der Waals surface area (Å²) in [4.78, 5) is 25.8. The normalized spacial score (nSPS) is 14.6. The highest BCUT2D eigenvalue weighted by Crippen LogP contribution is 2.31. The maximum Gasteiger partial charge on any atom is 0.259 e. The number of hydrogen-bond acceptors (Lipinski definition) is 4. The van der Waals surface area contributed by atoms with Gasteiger partial charge in [0.25, 0.3) is 11.8 Å². The van der Waals surface area contributed by atoms with E-state index in [9.17, 15) is 9.59 Å². The van der Waals surface area contributed by atoms with Crippen molar-refractivity contribution in [2.24, 2.45) is 0 Å². The number of nitrogens with one attached hydrogen (secondary N) is 1. The minimum atomic E-state index is -0.378. The molecule has 104 valence electrons. The molecule has 2 aromatic rings. The summed E-state index contributed by atoms with van der Waals surface area (Å²) in [5.41, 5.74) is 2.17. The molecule has 3 rings (SSSR count). The topological polar surface area (TPSA) is 46.2 Å². The summed E-state index contributed by atoms with van der Waals surface area (Å²) < 4.78 is 0. The monoisotopic (exact) mass is 313 g/mol. The van der Waals surface area contributed by atoms with Gasteiger partial charge in [0.15, 0.2) is 0 Å². The number of hydrogen-bond donors (Lipinski definition) is 3. The van der Waals surface area contributed by atoms with E-state index >= 15 is 0 Å². The van der Waals surface area contributed by atoms with Crippen LogP contribution in [0.15, 0.2) is 58.3 Å². The van der Waals surface area contributed by atoms with E-state index in [0.717, 1.165) is 9.79 Å². The molecule has 0 spiro atoms. The lowest BCUT2D eigenvalue weighted by molar-refractivity contribution is -0.122. The van der Waals surface area contributed by atoms with E-state index in [1.807, 2.05) is 0 Å². The van der Waals surface area contributed by atoms with E-state index in [1.54, 1.807) is 48.5 Å². The van der Waals surface area contributed by atoms with Crippen LogP contribution in [0, 0.1) is 0 Å². The Morgan fingerprint density at radius 2 is 0.952 bits per heavy atom. The summed E-state index contributed by atoms with van der Waals surface area (Å²) in [7, 11) is 0. The Kier molecular flexibility index (Phi) is 3.61. The second-order valence-electron chi connectivity index (χ2n) is 4.63. The van der Waals surface area contributed by atoms with Crippen molar-refractivity contribution in [2.75, 3.05) is 0 Å². The SMILES string of the molecule is O=C1NC(=O)C(c2ccc(S)cc2)=C1c1ccc(S)cc1. The van der Waals surface area contributed by atoms with Crippen molar-refractivity contribution in [1.29, 1.82) is 0 Å². The zero-order chi connectivity index (χ0) is 15.0. The van der Waals surface area contributed by atoms with Crippen LogP contribution in [-0.4, -0.2) is 11.8 Å². The summed E-state index contributed by atoms with van der Waals surface area (Å²) in [6, 6.07) is 14.3. The smallest absolute Gasteiger partial charge is 0.259 e. The Morgan fingerprint density at radius 1 is 0.619 bits per heavy atom. The van der Waals surface area contributed by atoms with Gasteiger partial charge < -0.3 is 0 Å². The maximum absolute atomic E-state index is 12.1. The first-order valence-corrected chi connectivity index (χ1v) is 7.14. The van der Waals surface area contributed by atoms with Crippen molar-refractivity contribution in [3.05, 3.63) is 59.7 Å². The van der Waals surface area contributed by atoms with E-state index in [1.165, 1.54) is 0 Å². The van der Waals surface area contributed by atoms with E-state index in [0.29, 0.717) is 22.3 Å². The van der Waals surface area contributed by atoms with Crippen molar-refractivity contribution in [3.8, 4) is 0 Å². The zero-order valence-electron chi connectivity index (χ0n) is 10.8. The third kappa shape index (κ3) is 2.62. The molecule has 2 amide bonds. The highest BCUT2D eigenvalue weighted by Gasteiger charge is 2.31. The molecule has 0 unspecified atom stereocenters. The molecule has 1 aliphatic rings. The molecule has 3 nitrogen and oxygen atoms in total. The summed E-state index contributed by atoms with van der Waals surface area (Å²) in [5.74, 6) is -0.756. The molecule has 1 heterocycles. The predicted molar refractivity (Wildman–Crippen MR) is 87.4 cm³/mol. The quantitative estimate of drug-likeness (QED) is 0.590. The van der Waals surface area contributed by atoms with Gasteiger partial charge in [-0.1, -0.05) is 24.3 Å². The summed E-state index contributed by atoms with van der Waals surface area (Å²) in [5, 5.41) is 2.35. The molecule has 1 aliphatic heterocycles. The summed E-state index contributed by atoms with van der Waals surface area (Å²) in [6.07, 6.45) is 0. The van der Waals surface area contributed by atoms with E-state index in [2.05, 4.69) is 30.6 Å². The third-order valence-electron chi connectivity index (χ3n) is 3.24. The molecule has 0 saturated carbocycles. The van der Waals surface area contributed by atoms with E-state index in [4.69, 9.17) is 0 Å². The molecule has 2 aromatic carbocycles. The Bertz CT molecular complexity index is 696. The second-order valence-corrected chi connectivity index (χ2v) is 5.66. The molecule has 0 radical (unpaired) electrons. The summed E-state index contributed by atoms with van der Waals surface area (Å²) in [6.45, 7) is 0. The largest absolute Gasteiger partial charge is 0.288 e. The van der Waals surface area contributed by atoms with Crippen LogP contribution >= 0.6 is 25.3 Å². The van der Waals surface area contributed by atoms with Gasteiger partial charge in [-0.15, -0.1) is 25.3 Å². The molecule has 0 fully saturated rings. The molecule has 21 heavy (non-hydrogen) atoms. The number of carbonyl (C=O) groups excluding carboxylic acids is 2. The van der Waals surface area contributed by atoms with Gasteiger partial charge in [-0.2, -0.15) is 0 Å². The second kappa shape index (κ2) is 5.42. The van der Waals surface area contributed by atoms with Gasteiger partial charge in [0.2, 0.25) is 0 Å². The predicted octanol–water partition coefficient (Wildman–Crippen LogP) is 2.83. The molecule has 1 N–H and O–H groups in total. The Hall–Kier alpha value is -1.98. The standard InChI is InChI=1S/C16H11NO2S2/c18-15-13(9-1-5-11(20)6-2-9)14(16(19)17-15)10-3-7-12(21)8-4-10/h1-8,20-21H,(H,17,18,19). The van der Waals surface area contributed by atoms with Crippen LogP contribution in [0.4, 0.5) is 0 Å². The molecule has 5 heteroatoms. The van der Waals surface area contributed by atoms with Gasteiger partial charge >= 0.3 is 0 Å². The fraction of sp³-hybridized carbons (Fsp3) is 0. The van der Waals surface area contributed by atoms with Crippen LogP contribution in [0.2, 0.25) is 0 Å². The Balaban J connectivity index is 2.19. The maximum atomic E-state index is 12.1. The average Bonchev–Trinajstić information content (AvgIpc) is 2.75. The Labute approximate surface area is 132 Å². The minimum absolute atomic E-state index is 0.378. The summed E-state index contributed by atoms with van der Waals surface area (Å²) >= 11 is 8.45. The fourth-order valence-electron chi connectivity index (χ4n) is 2.26. The molecule has 0 aliphatic carbocycles.